The van der Waals surface area contributed by atoms with E-state index in [2.05, 4.69) is 15.0 Å². The van der Waals surface area contributed by atoms with E-state index in [1.807, 2.05) is 24.3 Å². The van der Waals surface area contributed by atoms with Crippen molar-refractivity contribution in [2.45, 2.75) is 6.92 Å². The zero-order valence-corrected chi connectivity index (χ0v) is 15.8. The molecule has 0 bridgehead atoms. The van der Waals surface area contributed by atoms with Crippen LogP contribution in [0, 0.1) is 0 Å². The van der Waals surface area contributed by atoms with Crippen LogP contribution in [0.3, 0.4) is 0 Å². The molecule has 4 rings (SSSR count). The first-order valence-corrected chi connectivity index (χ1v) is 8.66. The summed E-state index contributed by atoms with van der Waals surface area (Å²) in [5, 5.41) is 0. The van der Waals surface area contributed by atoms with Crippen molar-refractivity contribution in [3.05, 3.63) is 70.8 Å². The highest BCUT2D eigenvalue weighted by Gasteiger charge is 2.09. The van der Waals surface area contributed by atoms with Crippen LogP contribution in [-0.2, 0) is 0 Å². The first-order chi connectivity index (χ1) is 14.0. The fourth-order valence-electron chi connectivity index (χ4n) is 2.61. The number of carbonyl (C=O) groups is 2. The Hall–Kier alpha value is -4.07. The Morgan fingerprint density at radius 2 is 1.72 bits per heavy atom. The Morgan fingerprint density at radius 1 is 1.03 bits per heavy atom. The molecule has 0 unspecified atom stereocenters. The molecule has 29 heavy (non-hydrogen) atoms. The molecule has 0 aliphatic carbocycles. The number of ketones is 1. The Balaban J connectivity index is 0.000000343. The van der Waals surface area contributed by atoms with E-state index < -0.39 is 6.03 Å². The summed E-state index contributed by atoms with van der Waals surface area (Å²) in [5.74, 6) is 0.718. The molecule has 0 atom stereocenters. The Kier molecular flexibility index (Phi) is 5.94. The molecule has 2 amide bonds. The average molecular weight is 390 g/mol. The summed E-state index contributed by atoms with van der Waals surface area (Å²) in [5.41, 5.74) is 2.55. The highest BCUT2D eigenvalue weighted by molar-refractivity contribution is 6.25. The van der Waals surface area contributed by atoms with E-state index in [0.29, 0.717) is 16.9 Å². The summed E-state index contributed by atoms with van der Waals surface area (Å²) in [6.07, 6.45) is 4.45. The van der Waals surface area contributed by atoms with Crippen LogP contribution >= 0.6 is 0 Å². The van der Waals surface area contributed by atoms with E-state index in [0.717, 1.165) is 11.3 Å². The van der Waals surface area contributed by atoms with Crippen molar-refractivity contribution < 1.29 is 14.3 Å². The summed E-state index contributed by atoms with van der Waals surface area (Å²) in [6.45, 7) is 1.50. The van der Waals surface area contributed by atoms with Crippen LogP contribution in [0.25, 0.3) is 16.9 Å². The number of H-pyrrole nitrogens is 1. The monoisotopic (exact) mass is 390 g/mol. The van der Waals surface area contributed by atoms with Gasteiger partial charge in [0.1, 0.15) is 5.75 Å². The number of rotatable bonds is 4. The minimum absolute atomic E-state index is 0.0363. The van der Waals surface area contributed by atoms with Crippen LogP contribution in [0.5, 0.6) is 5.75 Å². The van der Waals surface area contributed by atoms with E-state index in [4.69, 9.17) is 4.74 Å². The molecule has 1 aliphatic heterocycles. The molecular formula is C21H18N4O4. The molecule has 1 N–H and O–H groups in total. The van der Waals surface area contributed by atoms with Crippen molar-refractivity contribution in [2.75, 3.05) is 7.11 Å². The predicted octanol–water partition coefficient (Wildman–Crippen LogP) is 3.31. The van der Waals surface area contributed by atoms with Gasteiger partial charge in [0.2, 0.25) is 0 Å². The molecule has 3 aromatic rings. The number of nitrogens with one attached hydrogen (secondary N) is 1. The normalized spacial score (nSPS) is 11.9. The van der Waals surface area contributed by atoms with Crippen molar-refractivity contribution in [3.8, 4) is 22.7 Å². The third kappa shape index (κ3) is 4.81. The van der Waals surface area contributed by atoms with Gasteiger partial charge in [-0.05, 0) is 48.9 Å². The lowest BCUT2D eigenvalue weighted by atomic mass is 10.1. The quantitative estimate of drug-likeness (QED) is 0.690. The van der Waals surface area contributed by atoms with Crippen LogP contribution in [0.4, 0.5) is 4.79 Å². The zero-order valence-electron chi connectivity index (χ0n) is 15.8. The molecule has 0 saturated heterocycles. The molecule has 8 heteroatoms. The van der Waals surface area contributed by atoms with Gasteiger partial charge < -0.3 is 9.72 Å². The molecule has 1 aromatic heterocycles. The number of aromatic amines is 1. The maximum atomic E-state index is 12.2. The number of benzene rings is 2. The van der Waals surface area contributed by atoms with Crippen molar-refractivity contribution in [3.63, 3.8) is 0 Å². The lowest BCUT2D eigenvalue weighted by Crippen LogP contribution is -2.14. The van der Waals surface area contributed by atoms with Gasteiger partial charge in [-0.2, -0.15) is 9.98 Å². The maximum Gasteiger partial charge on any atom is 0.367 e. The predicted molar refractivity (Wildman–Crippen MR) is 111 cm³/mol. The van der Waals surface area contributed by atoms with Gasteiger partial charge in [-0.1, -0.05) is 12.1 Å². The van der Waals surface area contributed by atoms with Gasteiger partial charge in [0, 0.05) is 11.8 Å². The standard InChI is InChI=1S/C18H16N2O3.C3H2N2O/c1-12(21)14-4-3-5-15(10-14)20-11-17(19-18(20)22)13-6-8-16(23-2)9-7-13;6-3-4-1-2-5-3/h3-11H,1-2H3,(H,19,22);1-2H. The topological polar surface area (TPSA) is 106 Å². The second kappa shape index (κ2) is 8.75. The van der Waals surface area contributed by atoms with Crippen LogP contribution in [0.15, 0.2) is 69.5 Å². The number of hydrogen-bond donors (Lipinski definition) is 1. The fraction of sp³-hybridized carbons (Fsp3) is 0.0952. The summed E-state index contributed by atoms with van der Waals surface area (Å²) >= 11 is 0. The lowest BCUT2D eigenvalue weighted by molar-refractivity contribution is 0.101. The molecule has 0 spiro atoms. The number of hydrogen-bond acceptors (Lipinski definition) is 4. The van der Waals surface area contributed by atoms with Gasteiger partial charge in [0.25, 0.3) is 0 Å². The third-order valence-electron chi connectivity index (χ3n) is 4.09. The second-order valence-corrected chi connectivity index (χ2v) is 6.02. The van der Waals surface area contributed by atoms with Crippen molar-refractivity contribution >= 4 is 24.2 Å². The Labute approximate surface area is 166 Å². The van der Waals surface area contributed by atoms with Gasteiger partial charge in [-0.15, -0.1) is 0 Å². The number of nitrogens with zero attached hydrogens (tertiary/aromatic N) is 3. The third-order valence-corrected chi connectivity index (χ3v) is 4.09. The number of urea groups is 1. The second-order valence-electron chi connectivity index (χ2n) is 6.02. The smallest absolute Gasteiger partial charge is 0.367 e. The summed E-state index contributed by atoms with van der Waals surface area (Å²) in [4.78, 5) is 42.9. The summed E-state index contributed by atoms with van der Waals surface area (Å²) in [7, 11) is 1.61. The van der Waals surface area contributed by atoms with E-state index in [1.165, 1.54) is 23.9 Å². The van der Waals surface area contributed by atoms with Gasteiger partial charge >= 0.3 is 11.7 Å². The summed E-state index contributed by atoms with van der Waals surface area (Å²) < 4.78 is 6.62. The van der Waals surface area contributed by atoms with Gasteiger partial charge in [-0.25, -0.2) is 9.59 Å². The van der Waals surface area contributed by atoms with E-state index >= 15 is 0 Å². The molecule has 8 nitrogen and oxygen atoms in total. The largest absolute Gasteiger partial charge is 0.497 e. The summed E-state index contributed by atoms with van der Waals surface area (Å²) in [6, 6.07) is 14.0. The van der Waals surface area contributed by atoms with Crippen LogP contribution < -0.4 is 10.4 Å². The first-order valence-electron chi connectivity index (χ1n) is 8.66. The number of aliphatic imine (C=N–C) groups is 2. The van der Waals surface area contributed by atoms with E-state index in [1.54, 1.807) is 37.6 Å². The zero-order chi connectivity index (χ0) is 20.8. The first kappa shape index (κ1) is 19.7. The molecule has 0 saturated carbocycles. The maximum absolute atomic E-state index is 12.2. The van der Waals surface area contributed by atoms with Crippen LogP contribution in [0.2, 0.25) is 0 Å². The SMILES string of the molecule is COc1ccc(-c2cn(-c3cccc(C(C)=O)c3)c(=O)[nH]2)cc1.O=C1N=CC=N1. The van der Waals surface area contributed by atoms with Crippen LogP contribution in [-0.4, -0.2) is 40.9 Å². The number of imidazole rings is 1. The van der Waals surface area contributed by atoms with Crippen molar-refractivity contribution in [2.24, 2.45) is 9.98 Å². The average Bonchev–Trinajstić information content (AvgIpc) is 3.37. The molecule has 2 heterocycles. The van der Waals surface area contributed by atoms with Gasteiger partial charge in [-0.3, -0.25) is 9.36 Å². The minimum atomic E-state index is -0.407. The Bertz CT molecular complexity index is 1140. The number of ether oxygens (including phenoxy) is 1. The number of methoxy groups -OCH3 is 1. The molecule has 0 fully saturated rings. The molecule has 2 aromatic carbocycles. The van der Waals surface area contributed by atoms with E-state index in [-0.39, 0.29) is 11.5 Å². The number of aromatic nitrogens is 2. The number of amides is 2. The lowest BCUT2D eigenvalue weighted by Gasteiger charge is -2.03. The molecule has 0 radical (unpaired) electrons. The molecule has 1 aliphatic rings. The minimum Gasteiger partial charge on any atom is -0.497 e. The van der Waals surface area contributed by atoms with E-state index in [9.17, 15) is 14.4 Å². The highest BCUT2D eigenvalue weighted by Crippen LogP contribution is 2.21. The van der Waals surface area contributed by atoms with Crippen molar-refractivity contribution in [1.82, 2.24) is 9.55 Å². The van der Waals surface area contributed by atoms with Gasteiger partial charge in [0.15, 0.2) is 5.78 Å². The highest BCUT2D eigenvalue weighted by atomic mass is 16.5. The molecule has 146 valence electrons. The fourth-order valence-corrected chi connectivity index (χ4v) is 2.61. The number of carbonyl (C=O) groups excluding carboxylic acids is 2. The Morgan fingerprint density at radius 3 is 2.28 bits per heavy atom. The van der Waals surface area contributed by atoms with Crippen molar-refractivity contribution in [1.29, 1.82) is 0 Å². The number of Topliss-reactive ketones (excluding diaryl/α,β-unsaturated/α-hetero) is 1. The molecular weight excluding hydrogens is 372 g/mol. The van der Waals surface area contributed by atoms with Gasteiger partial charge in [0.05, 0.1) is 30.9 Å². The van der Waals surface area contributed by atoms with Crippen LogP contribution in [0.1, 0.15) is 17.3 Å².